The van der Waals surface area contributed by atoms with Crippen molar-refractivity contribution in [2.75, 3.05) is 32.9 Å². The number of ether oxygens (including phenoxy) is 2. The molecule has 0 aromatic heterocycles. The van der Waals surface area contributed by atoms with Gasteiger partial charge in [-0.25, -0.2) is 4.79 Å². The maximum absolute atomic E-state index is 12.7. The minimum absolute atomic E-state index is 0.0924. The van der Waals surface area contributed by atoms with Gasteiger partial charge in [0.2, 0.25) is 0 Å². The number of hydrogen-bond donors (Lipinski definition) is 0. The van der Waals surface area contributed by atoms with Gasteiger partial charge < -0.3 is 14.4 Å². The molecule has 0 unspecified atom stereocenters. The van der Waals surface area contributed by atoms with E-state index in [0.717, 1.165) is 23.3 Å². The quantitative estimate of drug-likeness (QED) is 0.436. The molecule has 148 valence electrons. The maximum Gasteiger partial charge on any atom is 0.340 e. The monoisotopic (exact) mass is 389 g/mol. The minimum Gasteiger partial charge on any atom is -0.462 e. The fourth-order valence-corrected chi connectivity index (χ4v) is 3.72. The summed E-state index contributed by atoms with van der Waals surface area (Å²) >= 11 is 0. The molecule has 2 aliphatic rings. The molecule has 0 radical (unpaired) electrons. The van der Waals surface area contributed by atoms with Gasteiger partial charge in [0.1, 0.15) is 17.7 Å². The van der Waals surface area contributed by atoms with Crippen molar-refractivity contribution < 1.29 is 14.3 Å². The Morgan fingerprint density at radius 3 is 2.48 bits per heavy atom. The third kappa shape index (κ3) is 4.56. The van der Waals surface area contributed by atoms with Crippen molar-refractivity contribution >= 4 is 12.0 Å². The summed E-state index contributed by atoms with van der Waals surface area (Å²) in [5.41, 5.74) is 3.68. The molecule has 1 saturated heterocycles. The zero-order valence-electron chi connectivity index (χ0n) is 16.5. The molecule has 0 atom stereocenters. The van der Waals surface area contributed by atoms with Gasteiger partial charge in [-0.2, -0.15) is 10.5 Å². The van der Waals surface area contributed by atoms with Gasteiger partial charge in [-0.1, -0.05) is 30.3 Å². The molecule has 0 amide bonds. The number of hydrogen-bond acceptors (Lipinski definition) is 6. The predicted octanol–water partition coefficient (Wildman–Crippen LogP) is 3.36. The second-order valence-electron chi connectivity index (χ2n) is 6.70. The molecule has 0 saturated carbocycles. The number of morpholine rings is 1. The van der Waals surface area contributed by atoms with Gasteiger partial charge >= 0.3 is 5.97 Å². The summed E-state index contributed by atoms with van der Waals surface area (Å²) in [4.78, 5) is 14.9. The lowest BCUT2D eigenvalue weighted by atomic mass is 9.98. The van der Waals surface area contributed by atoms with Crippen LogP contribution in [0.25, 0.3) is 6.08 Å². The van der Waals surface area contributed by atoms with E-state index in [9.17, 15) is 15.3 Å². The van der Waals surface area contributed by atoms with Gasteiger partial charge in [-0.05, 0) is 42.6 Å². The topological polar surface area (TPSA) is 86.3 Å². The third-order valence-corrected chi connectivity index (χ3v) is 4.96. The Labute approximate surface area is 170 Å². The van der Waals surface area contributed by atoms with Crippen molar-refractivity contribution in [1.29, 1.82) is 10.5 Å². The lowest BCUT2D eigenvalue weighted by Crippen LogP contribution is -2.36. The first-order chi connectivity index (χ1) is 14.2. The average molecular weight is 389 g/mol. The van der Waals surface area contributed by atoms with Gasteiger partial charge in [0.15, 0.2) is 0 Å². The van der Waals surface area contributed by atoms with Crippen LogP contribution in [0.1, 0.15) is 25.3 Å². The first-order valence-electron chi connectivity index (χ1n) is 9.73. The molecular formula is C23H23N3O3. The van der Waals surface area contributed by atoms with Crippen LogP contribution in [0.4, 0.5) is 0 Å². The maximum atomic E-state index is 12.7. The summed E-state index contributed by atoms with van der Waals surface area (Å²) in [7, 11) is 0. The van der Waals surface area contributed by atoms with Crippen LogP contribution in [0.15, 0.2) is 58.3 Å². The van der Waals surface area contributed by atoms with Crippen molar-refractivity contribution in [3.8, 4) is 12.1 Å². The van der Waals surface area contributed by atoms with E-state index in [1.165, 1.54) is 0 Å². The standard InChI is InChI=1S/C23H23N3O3/c1-2-29-23(27)21(19(15-24)16-25)20-9-8-18(14-17-6-4-3-5-7-17)22(20)26-10-12-28-13-11-26/h3-7,14H,2,8-13H2,1H3/b18-14+. The normalized spacial score (nSPS) is 17.6. The summed E-state index contributed by atoms with van der Waals surface area (Å²) in [5.74, 6) is -0.618. The Morgan fingerprint density at radius 2 is 1.86 bits per heavy atom. The van der Waals surface area contributed by atoms with E-state index in [2.05, 4.69) is 11.0 Å². The number of carbonyl (C=O) groups excluding carboxylic acids is 1. The molecule has 1 aliphatic heterocycles. The van der Waals surface area contributed by atoms with Crippen molar-refractivity contribution in [1.82, 2.24) is 4.90 Å². The van der Waals surface area contributed by atoms with Crippen molar-refractivity contribution in [3.63, 3.8) is 0 Å². The third-order valence-electron chi connectivity index (χ3n) is 4.96. The molecule has 0 spiro atoms. The Morgan fingerprint density at radius 1 is 1.17 bits per heavy atom. The van der Waals surface area contributed by atoms with Gasteiger partial charge in [-0.3, -0.25) is 0 Å². The molecular weight excluding hydrogens is 366 g/mol. The fourth-order valence-electron chi connectivity index (χ4n) is 3.72. The number of nitriles is 2. The van der Waals surface area contributed by atoms with Crippen LogP contribution in [0.5, 0.6) is 0 Å². The van der Waals surface area contributed by atoms with Gasteiger partial charge in [-0.15, -0.1) is 0 Å². The molecule has 1 fully saturated rings. The van der Waals surface area contributed by atoms with Crippen molar-refractivity contribution in [2.24, 2.45) is 0 Å². The molecule has 6 nitrogen and oxygen atoms in total. The number of nitrogens with zero attached hydrogens (tertiary/aromatic N) is 3. The molecule has 3 rings (SSSR count). The highest BCUT2D eigenvalue weighted by molar-refractivity contribution is 5.97. The molecule has 0 bridgehead atoms. The molecule has 6 heteroatoms. The van der Waals surface area contributed by atoms with Crippen molar-refractivity contribution in [3.05, 3.63) is 63.9 Å². The average Bonchev–Trinajstić information content (AvgIpc) is 3.16. The van der Waals surface area contributed by atoms with E-state index in [1.54, 1.807) is 6.92 Å². The second kappa shape index (κ2) is 9.73. The van der Waals surface area contributed by atoms with E-state index in [4.69, 9.17) is 9.47 Å². The van der Waals surface area contributed by atoms with E-state index >= 15 is 0 Å². The molecule has 1 aromatic carbocycles. The Kier molecular flexibility index (Phi) is 6.84. The lowest BCUT2D eigenvalue weighted by Gasteiger charge is -2.32. The van der Waals surface area contributed by atoms with Gasteiger partial charge in [0.25, 0.3) is 0 Å². The SMILES string of the molecule is CCOC(=O)C(=C(C#N)C#N)C1=C(N2CCOCC2)/C(=C/c2ccccc2)CC1. The van der Waals surface area contributed by atoms with Gasteiger partial charge in [0.05, 0.1) is 25.4 Å². The van der Waals surface area contributed by atoms with E-state index in [-0.39, 0.29) is 17.8 Å². The second-order valence-corrected chi connectivity index (χ2v) is 6.70. The van der Waals surface area contributed by atoms with E-state index in [0.29, 0.717) is 38.3 Å². The molecule has 1 aromatic rings. The number of esters is 1. The Hall–Kier alpha value is -3.35. The summed E-state index contributed by atoms with van der Waals surface area (Å²) in [6.07, 6.45) is 3.41. The van der Waals surface area contributed by atoms with Crippen LogP contribution in [0, 0.1) is 22.7 Å². The summed E-state index contributed by atoms with van der Waals surface area (Å²) < 4.78 is 10.7. The van der Waals surface area contributed by atoms with Gasteiger partial charge in [0, 0.05) is 18.8 Å². The van der Waals surface area contributed by atoms with Crippen LogP contribution in [0.2, 0.25) is 0 Å². The number of allylic oxidation sites excluding steroid dienone is 2. The summed E-state index contributed by atoms with van der Waals surface area (Å²) in [5, 5.41) is 18.9. The minimum atomic E-state index is -0.618. The summed E-state index contributed by atoms with van der Waals surface area (Å²) in [6, 6.07) is 13.7. The fraction of sp³-hybridized carbons (Fsp3) is 0.348. The van der Waals surface area contributed by atoms with Crippen LogP contribution in [0.3, 0.4) is 0 Å². The van der Waals surface area contributed by atoms with E-state index < -0.39 is 5.97 Å². The lowest BCUT2D eigenvalue weighted by molar-refractivity contribution is -0.138. The van der Waals surface area contributed by atoms with E-state index in [1.807, 2.05) is 42.5 Å². The van der Waals surface area contributed by atoms with Crippen molar-refractivity contribution in [2.45, 2.75) is 19.8 Å². The zero-order chi connectivity index (χ0) is 20.6. The Bertz CT molecular complexity index is 924. The smallest absolute Gasteiger partial charge is 0.340 e. The number of rotatable bonds is 5. The highest BCUT2D eigenvalue weighted by Gasteiger charge is 2.32. The van der Waals surface area contributed by atoms with Crippen LogP contribution in [-0.4, -0.2) is 43.8 Å². The zero-order valence-corrected chi connectivity index (χ0v) is 16.5. The van der Waals surface area contributed by atoms with Crippen LogP contribution in [-0.2, 0) is 14.3 Å². The first-order valence-corrected chi connectivity index (χ1v) is 9.73. The van der Waals surface area contributed by atoms with Crippen LogP contribution < -0.4 is 0 Å². The highest BCUT2D eigenvalue weighted by atomic mass is 16.5. The molecule has 0 N–H and O–H groups in total. The predicted molar refractivity (Wildman–Crippen MR) is 108 cm³/mol. The van der Waals surface area contributed by atoms with Crippen LogP contribution >= 0.6 is 0 Å². The highest BCUT2D eigenvalue weighted by Crippen LogP contribution is 2.40. The summed E-state index contributed by atoms with van der Waals surface area (Å²) in [6.45, 7) is 4.46. The molecule has 1 heterocycles. The number of benzene rings is 1. The molecule has 29 heavy (non-hydrogen) atoms. The Balaban J connectivity index is 2.17. The number of carbonyl (C=O) groups is 1. The molecule has 1 aliphatic carbocycles. The largest absolute Gasteiger partial charge is 0.462 e. The first kappa shape index (κ1) is 20.4.